The van der Waals surface area contributed by atoms with Crippen molar-refractivity contribution in [3.63, 3.8) is 0 Å². The molecule has 0 atom stereocenters. The van der Waals surface area contributed by atoms with Crippen LogP contribution in [0.15, 0.2) is 0 Å². The summed E-state index contributed by atoms with van der Waals surface area (Å²) in [6, 6.07) is 0. The fourth-order valence-corrected chi connectivity index (χ4v) is 2.17. The molecule has 3 N–H and O–H groups in total. The number of rotatable bonds is 9. The molecule has 0 fully saturated rings. The molecule has 1 heterocycles. The molecule has 0 saturated carbocycles. The number of hydrogen-bond acceptors (Lipinski definition) is 7. The molecule has 0 aliphatic heterocycles. The predicted molar refractivity (Wildman–Crippen MR) is 76.7 cm³/mol. The Bertz CT molecular complexity index is 396. The van der Waals surface area contributed by atoms with Crippen LogP contribution in [0, 0.1) is 0 Å². The Morgan fingerprint density at radius 2 is 2.16 bits per heavy atom. The van der Waals surface area contributed by atoms with Gasteiger partial charge < -0.3 is 20.5 Å². The summed E-state index contributed by atoms with van der Waals surface area (Å²) in [5, 5.41) is 3.79. The summed E-state index contributed by atoms with van der Waals surface area (Å²) >= 11 is 1.16. The highest BCUT2D eigenvalue weighted by atomic mass is 32.1. The highest BCUT2D eigenvalue weighted by Crippen LogP contribution is 2.27. The Labute approximate surface area is 117 Å². The van der Waals surface area contributed by atoms with Crippen LogP contribution in [0.1, 0.15) is 36.5 Å². The second kappa shape index (κ2) is 8.71. The first-order chi connectivity index (χ1) is 9.20. The van der Waals surface area contributed by atoms with E-state index in [1.54, 1.807) is 0 Å². The van der Waals surface area contributed by atoms with E-state index < -0.39 is 5.97 Å². The van der Waals surface area contributed by atoms with Gasteiger partial charge in [-0.3, -0.25) is 0 Å². The number of carbonyl (C=O) groups is 1. The largest absolute Gasteiger partial charge is 0.465 e. The van der Waals surface area contributed by atoms with Gasteiger partial charge in [0.25, 0.3) is 0 Å². The third kappa shape index (κ3) is 5.04. The summed E-state index contributed by atoms with van der Waals surface area (Å²) in [5.41, 5.74) is 5.96. The predicted octanol–water partition coefficient (Wildman–Crippen LogP) is 2.13. The molecule has 1 rings (SSSR count). The molecule has 0 amide bonds. The van der Waals surface area contributed by atoms with Crippen molar-refractivity contribution >= 4 is 28.3 Å². The molecule has 0 saturated heterocycles. The Balaban J connectivity index is 2.31. The number of aromatic nitrogens is 1. The summed E-state index contributed by atoms with van der Waals surface area (Å²) in [6.07, 6.45) is 3.09. The van der Waals surface area contributed by atoms with Crippen LogP contribution in [-0.4, -0.2) is 37.2 Å². The smallest absolute Gasteiger partial charge is 0.344 e. The summed E-state index contributed by atoms with van der Waals surface area (Å²) < 4.78 is 14.1. The van der Waals surface area contributed by atoms with Crippen LogP contribution in [0.2, 0.25) is 0 Å². The monoisotopic (exact) mass is 287 g/mol. The van der Waals surface area contributed by atoms with E-state index in [0.717, 1.165) is 37.4 Å². The third-order valence-electron chi connectivity index (χ3n) is 2.50. The van der Waals surface area contributed by atoms with E-state index in [4.69, 9.17) is 10.5 Å². The quantitative estimate of drug-likeness (QED) is 0.534. The van der Waals surface area contributed by atoms with Crippen molar-refractivity contribution in [2.24, 2.45) is 0 Å². The molecule has 1 aromatic heterocycles. The summed E-state index contributed by atoms with van der Waals surface area (Å²) in [6.45, 7) is 4.34. The lowest BCUT2D eigenvalue weighted by Crippen LogP contribution is -2.10. The standard InChI is InChI=1S/C12H21N3O3S/c1-3-4-7-18-8-5-6-14-11-9(12(16)17-2)10(13)15-19-11/h14H,3-8H2,1-2H3,(H2,13,15). The second-order valence-corrected chi connectivity index (χ2v) is 4.78. The number of esters is 1. The normalized spacial score (nSPS) is 10.4. The van der Waals surface area contributed by atoms with Gasteiger partial charge in [-0.05, 0) is 24.4 Å². The SMILES string of the molecule is CCCCOCCCNc1snc(N)c1C(=O)OC. The van der Waals surface area contributed by atoms with Crippen molar-refractivity contribution in [2.75, 3.05) is 37.9 Å². The lowest BCUT2D eigenvalue weighted by atomic mass is 10.3. The van der Waals surface area contributed by atoms with Crippen molar-refractivity contribution in [2.45, 2.75) is 26.2 Å². The Morgan fingerprint density at radius 1 is 1.42 bits per heavy atom. The molecular formula is C12H21N3O3S. The summed E-state index contributed by atoms with van der Waals surface area (Å²) in [5.74, 6) is -0.258. The van der Waals surface area contributed by atoms with Gasteiger partial charge in [-0.15, -0.1) is 0 Å². The minimum atomic E-state index is -0.465. The number of nitrogens with one attached hydrogen (secondary N) is 1. The van der Waals surface area contributed by atoms with Crippen LogP contribution in [0.5, 0.6) is 0 Å². The highest BCUT2D eigenvalue weighted by molar-refractivity contribution is 7.11. The Morgan fingerprint density at radius 3 is 2.84 bits per heavy atom. The zero-order valence-electron chi connectivity index (χ0n) is 11.4. The van der Waals surface area contributed by atoms with Crippen molar-refractivity contribution in [3.8, 4) is 0 Å². The molecule has 7 heteroatoms. The van der Waals surface area contributed by atoms with Gasteiger partial charge in [0, 0.05) is 19.8 Å². The zero-order valence-corrected chi connectivity index (χ0v) is 12.2. The van der Waals surface area contributed by atoms with Gasteiger partial charge >= 0.3 is 5.97 Å². The number of anilines is 2. The van der Waals surface area contributed by atoms with Crippen LogP contribution < -0.4 is 11.1 Å². The first-order valence-electron chi connectivity index (χ1n) is 6.35. The molecule has 0 radical (unpaired) electrons. The van der Waals surface area contributed by atoms with Crippen LogP contribution in [0.3, 0.4) is 0 Å². The van der Waals surface area contributed by atoms with E-state index >= 15 is 0 Å². The highest BCUT2D eigenvalue weighted by Gasteiger charge is 2.19. The third-order valence-corrected chi connectivity index (χ3v) is 3.32. The van der Waals surface area contributed by atoms with E-state index in [-0.39, 0.29) is 5.82 Å². The number of unbranched alkanes of at least 4 members (excludes halogenated alkanes) is 1. The maximum atomic E-state index is 11.5. The number of carbonyl (C=O) groups excluding carboxylic acids is 1. The number of methoxy groups -OCH3 is 1. The van der Waals surface area contributed by atoms with Crippen LogP contribution in [-0.2, 0) is 9.47 Å². The fourth-order valence-electron chi connectivity index (χ4n) is 1.45. The Hall–Kier alpha value is -1.34. The molecule has 1 aromatic rings. The zero-order chi connectivity index (χ0) is 14.1. The average Bonchev–Trinajstić information content (AvgIpc) is 2.78. The van der Waals surface area contributed by atoms with Gasteiger partial charge in [-0.25, -0.2) is 4.79 Å². The van der Waals surface area contributed by atoms with Crippen LogP contribution >= 0.6 is 11.5 Å². The van der Waals surface area contributed by atoms with Crippen molar-refractivity contribution in [1.29, 1.82) is 0 Å². The van der Waals surface area contributed by atoms with Crippen molar-refractivity contribution in [3.05, 3.63) is 5.56 Å². The summed E-state index contributed by atoms with van der Waals surface area (Å²) in [7, 11) is 1.32. The summed E-state index contributed by atoms with van der Waals surface area (Å²) in [4.78, 5) is 11.5. The molecule has 0 aromatic carbocycles. The topological polar surface area (TPSA) is 86.5 Å². The molecular weight excluding hydrogens is 266 g/mol. The van der Waals surface area contributed by atoms with Gasteiger partial charge in [0.2, 0.25) is 0 Å². The molecule has 0 bridgehead atoms. The maximum absolute atomic E-state index is 11.5. The molecule has 6 nitrogen and oxygen atoms in total. The van der Waals surface area contributed by atoms with Crippen LogP contribution in [0.25, 0.3) is 0 Å². The van der Waals surface area contributed by atoms with Crippen LogP contribution in [0.4, 0.5) is 10.8 Å². The minimum Gasteiger partial charge on any atom is -0.465 e. The van der Waals surface area contributed by atoms with Gasteiger partial charge in [0.15, 0.2) is 5.82 Å². The number of nitrogen functional groups attached to an aromatic ring is 1. The van der Waals surface area contributed by atoms with E-state index in [1.807, 2.05) is 0 Å². The maximum Gasteiger partial charge on any atom is 0.344 e. The second-order valence-electron chi connectivity index (χ2n) is 4.01. The Kier molecular flexibility index (Phi) is 7.20. The van der Waals surface area contributed by atoms with Gasteiger partial charge in [-0.2, -0.15) is 4.37 Å². The lowest BCUT2D eigenvalue weighted by Gasteiger charge is -2.06. The molecule has 19 heavy (non-hydrogen) atoms. The molecule has 0 unspecified atom stereocenters. The number of nitrogens with two attached hydrogens (primary N) is 1. The van der Waals surface area contributed by atoms with Gasteiger partial charge in [0.05, 0.1) is 7.11 Å². The number of nitrogens with zero attached hydrogens (tertiary/aromatic N) is 1. The number of ether oxygens (including phenoxy) is 2. The van der Waals surface area contributed by atoms with Gasteiger partial charge in [-0.1, -0.05) is 13.3 Å². The average molecular weight is 287 g/mol. The van der Waals surface area contributed by atoms with E-state index in [9.17, 15) is 4.79 Å². The molecule has 0 spiro atoms. The van der Waals surface area contributed by atoms with Crippen molar-refractivity contribution in [1.82, 2.24) is 4.37 Å². The molecule has 108 valence electrons. The van der Waals surface area contributed by atoms with E-state index in [2.05, 4.69) is 21.4 Å². The number of hydrogen-bond donors (Lipinski definition) is 2. The molecule has 0 aliphatic rings. The van der Waals surface area contributed by atoms with E-state index in [0.29, 0.717) is 23.7 Å². The first kappa shape index (κ1) is 15.7. The van der Waals surface area contributed by atoms with Crippen molar-refractivity contribution < 1.29 is 14.3 Å². The molecule has 0 aliphatic carbocycles. The first-order valence-corrected chi connectivity index (χ1v) is 7.13. The fraction of sp³-hybridized carbons (Fsp3) is 0.667. The minimum absolute atomic E-state index is 0.207. The van der Waals surface area contributed by atoms with Gasteiger partial charge in [0.1, 0.15) is 10.6 Å². The lowest BCUT2D eigenvalue weighted by molar-refractivity contribution is 0.0603. The van der Waals surface area contributed by atoms with E-state index in [1.165, 1.54) is 7.11 Å².